The van der Waals surface area contributed by atoms with E-state index in [0.29, 0.717) is 13.0 Å². The quantitative estimate of drug-likeness (QED) is 0.700. The molecule has 0 saturated carbocycles. The van der Waals surface area contributed by atoms with Crippen LogP contribution in [0, 0.1) is 0 Å². The third kappa shape index (κ3) is 5.37. The fourth-order valence-corrected chi connectivity index (χ4v) is 1.91. The molecule has 90 valence electrons. The van der Waals surface area contributed by atoms with Crippen molar-refractivity contribution in [2.75, 3.05) is 45.9 Å². The second kappa shape index (κ2) is 7.06. The zero-order valence-electron chi connectivity index (χ0n) is 8.97. The zero-order valence-corrected chi connectivity index (χ0v) is 8.97. The molecule has 1 rings (SSSR count). The van der Waals surface area contributed by atoms with Crippen molar-refractivity contribution in [1.82, 2.24) is 9.80 Å². The molecule has 1 aliphatic rings. The molecule has 2 nitrogen and oxygen atoms in total. The number of alkyl halides is 3. The normalized spacial score (nSPS) is 20.8. The van der Waals surface area contributed by atoms with Gasteiger partial charge in [-0.15, -0.1) is 0 Å². The van der Waals surface area contributed by atoms with Crippen LogP contribution in [0.3, 0.4) is 0 Å². The Morgan fingerprint density at radius 1 is 1.00 bits per heavy atom. The van der Waals surface area contributed by atoms with Crippen molar-refractivity contribution in [3.8, 4) is 0 Å². The molecule has 0 aliphatic carbocycles. The van der Waals surface area contributed by atoms with Crippen LogP contribution < -0.4 is 0 Å². The second-order valence-corrected chi connectivity index (χ2v) is 3.93. The first-order chi connectivity index (χ1) is 7.22. The van der Waals surface area contributed by atoms with Crippen molar-refractivity contribution in [2.24, 2.45) is 0 Å². The van der Waals surface area contributed by atoms with E-state index in [9.17, 15) is 13.2 Å². The van der Waals surface area contributed by atoms with Crippen LogP contribution in [0.2, 0.25) is 0 Å². The molecule has 1 saturated heterocycles. The highest BCUT2D eigenvalue weighted by Crippen LogP contribution is 2.06. The number of rotatable bonds is 5. The summed E-state index contributed by atoms with van der Waals surface area (Å²) in [4.78, 5) is 3.95. The minimum atomic E-state index is -2.25. The summed E-state index contributed by atoms with van der Waals surface area (Å²) >= 11 is 0. The van der Waals surface area contributed by atoms with Crippen LogP contribution in [-0.4, -0.2) is 62.2 Å². The molecule has 0 unspecified atom stereocenters. The summed E-state index contributed by atoms with van der Waals surface area (Å²) in [5.41, 5.74) is 0. The topological polar surface area (TPSA) is 6.48 Å². The molecule has 1 aliphatic heterocycles. The third-order valence-corrected chi connectivity index (χ3v) is 2.69. The van der Waals surface area contributed by atoms with E-state index >= 15 is 0 Å². The van der Waals surface area contributed by atoms with Crippen molar-refractivity contribution >= 4 is 0 Å². The summed E-state index contributed by atoms with van der Waals surface area (Å²) in [6.07, 6.45) is -0.796. The number of halogens is 3. The van der Waals surface area contributed by atoms with E-state index in [1.165, 1.54) is 0 Å². The maximum atomic E-state index is 12.1. The first kappa shape index (κ1) is 12.8. The van der Waals surface area contributed by atoms with E-state index < -0.39 is 6.43 Å². The molecule has 0 aromatic rings. The van der Waals surface area contributed by atoms with Crippen LogP contribution >= 0.6 is 0 Å². The van der Waals surface area contributed by atoms with Gasteiger partial charge in [-0.2, -0.15) is 0 Å². The van der Waals surface area contributed by atoms with Gasteiger partial charge < -0.3 is 4.90 Å². The molecule has 0 spiro atoms. The Morgan fingerprint density at radius 2 is 1.67 bits per heavy atom. The summed E-state index contributed by atoms with van der Waals surface area (Å²) in [5.74, 6) is 0. The molecular weight excluding hydrogens is 205 g/mol. The van der Waals surface area contributed by atoms with Crippen molar-refractivity contribution in [3.63, 3.8) is 0 Å². The van der Waals surface area contributed by atoms with E-state index in [-0.39, 0.29) is 13.2 Å². The summed E-state index contributed by atoms with van der Waals surface area (Å²) in [7, 11) is 0. The average molecular weight is 224 g/mol. The highest BCUT2D eigenvalue weighted by Gasteiger charge is 2.17. The average Bonchev–Trinajstić information content (AvgIpc) is 2.40. The first-order valence-electron chi connectivity index (χ1n) is 5.51. The Morgan fingerprint density at radius 3 is 2.33 bits per heavy atom. The Hall–Kier alpha value is -0.290. The van der Waals surface area contributed by atoms with Gasteiger partial charge >= 0.3 is 0 Å². The van der Waals surface area contributed by atoms with Gasteiger partial charge in [0, 0.05) is 19.6 Å². The fraction of sp³-hybridized carbons (Fsp3) is 1.00. The maximum absolute atomic E-state index is 12.1. The molecule has 0 bridgehead atoms. The van der Waals surface area contributed by atoms with Crippen molar-refractivity contribution in [1.29, 1.82) is 0 Å². The summed E-state index contributed by atoms with van der Waals surface area (Å²) in [6.45, 7) is 3.42. The van der Waals surface area contributed by atoms with E-state index in [4.69, 9.17) is 0 Å². The molecule has 0 aromatic carbocycles. The van der Waals surface area contributed by atoms with Gasteiger partial charge in [-0.25, -0.2) is 8.78 Å². The lowest BCUT2D eigenvalue weighted by Crippen LogP contribution is -2.34. The van der Waals surface area contributed by atoms with Crippen molar-refractivity contribution < 1.29 is 13.2 Å². The van der Waals surface area contributed by atoms with E-state index in [0.717, 1.165) is 32.6 Å². The lowest BCUT2D eigenvalue weighted by molar-refractivity contribution is 0.0898. The van der Waals surface area contributed by atoms with Gasteiger partial charge in [0.25, 0.3) is 6.43 Å². The minimum absolute atomic E-state index is 0.128. The van der Waals surface area contributed by atoms with Gasteiger partial charge in [0.2, 0.25) is 0 Å². The zero-order chi connectivity index (χ0) is 11.1. The van der Waals surface area contributed by atoms with E-state index in [1.807, 2.05) is 0 Å². The largest absolute Gasteiger partial charge is 0.302 e. The van der Waals surface area contributed by atoms with Crippen LogP contribution in [0.1, 0.15) is 12.8 Å². The summed E-state index contributed by atoms with van der Waals surface area (Å²) < 4.78 is 36.3. The SMILES string of the molecule is FCCCN1CCCN(CC(F)F)CC1. The van der Waals surface area contributed by atoms with Crippen LogP contribution in [0.5, 0.6) is 0 Å². The monoisotopic (exact) mass is 224 g/mol. The van der Waals surface area contributed by atoms with Crippen LogP contribution in [-0.2, 0) is 0 Å². The van der Waals surface area contributed by atoms with Crippen LogP contribution in [0.15, 0.2) is 0 Å². The third-order valence-electron chi connectivity index (χ3n) is 2.69. The number of hydrogen-bond acceptors (Lipinski definition) is 2. The van der Waals surface area contributed by atoms with Crippen molar-refractivity contribution in [3.05, 3.63) is 0 Å². The molecule has 15 heavy (non-hydrogen) atoms. The van der Waals surface area contributed by atoms with E-state index in [1.54, 1.807) is 4.90 Å². The van der Waals surface area contributed by atoms with Gasteiger partial charge in [-0.1, -0.05) is 0 Å². The molecule has 0 radical (unpaired) electrons. The Bertz CT molecular complexity index is 167. The molecule has 0 aromatic heterocycles. The predicted molar refractivity (Wildman–Crippen MR) is 54.1 cm³/mol. The molecule has 0 amide bonds. The Labute approximate surface area is 89.0 Å². The minimum Gasteiger partial charge on any atom is -0.302 e. The van der Waals surface area contributed by atoms with Gasteiger partial charge in [-0.3, -0.25) is 9.29 Å². The smallest absolute Gasteiger partial charge is 0.251 e. The lowest BCUT2D eigenvalue weighted by Gasteiger charge is -2.20. The molecule has 5 heteroatoms. The van der Waals surface area contributed by atoms with Gasteiger partial charge in [0.05, 0.1) is 13.2 Å². The second-order valence-electron chi connectivity index (χ2n) is 3.93. The predicted octanol–water partition coefficient (Wildman–Crippen LogP) is 1.62. The molecule has 1 fully saturated rings. The van der Waals surface area contributed by atoms with Crippen LogP contribution in [0.25, 0.3) is 0 Å². The summed E-state index contributed by atoms with van der Waals surface area (Å²) in [5, 5.41) is 0. The lowest BCUT2D eigenvalue weighted by atomic mass is 10.3. The molecule has 0 atom stereocenters. The molecule has 0 N–H and O–H groups in total. The standard InChI is InChI=1S/C10H19F3N2/c11-3-1-4-14-5-2-6-15(8-7-14)9-10(12)13/h10H,1-9H2. The number of hydrogen-bond donors (Lipinski definition) is 0. The highest BCUT2D eigenvalue weighted by atomic mass is 19.3. The maximum Gasteiger partial charge on any atom is 0.251 e. The van der Waals surface area contributed by atoms with Gasteiger partial charge in [-0.05, 0) is 25.9 Å². The number of nitrogens with zero attached hydrogens (tertiary/aromatic N) is 2. The first-order valence-corrected chi connectivity index (χ1v) is 5.51. The molecule has 1 heterocycles. The van der Waals surface area contributed by atoms with Crippen molar-refractivity contribution in [2.45, 2.75) is 19.3 Å². The summed E-state index contributed by atoms with van der Waals surface area (Å²) in [6, 6.07) is 0. The Balaban J connectivity index is 2.22. The van der Waals surface area contributed by atoms with E-state index in [2.05, 4.69) is 4.90 Å². The molecular formula is C10H19F3N2. The van der Waals surface area contributed by atoms with Crippen LogP contribution in [0.4, 0.5) is 13.2 Å². The van der Waals surface area contributed by atoms with Gasteiger partial charge in [0.15, 0.2) is 0 Å². The fourth-order valence-electron chi connectivity index (χ4n) is 1.91. The highest BCUT2D eigenvalue weighted by molar-refractivity contribution is 4.70. The Kier molecular flexibility index (Phi) is 6.02. The van der Waals surface area contributed by atoms with Gasteiger partial charge in [0.1, 0.15) is 0 Å².